The quantitative estimate of drug-likeness (QED) is 0.376. The number of hydrogen-bond acceptors (Lipinski definition) is 1. The van der Waals surface area contributed by atoms with E-state index in [9.17, 15) is 0 Å². The summed E-state index contributed by atoms with van der Waals surface area (Å²) >= 11 is 0. The lowest BCUT2D eigenvalue weighted by Crippen LogP contribution is -2.47. The third kappa shape index (κ3) is 6.26. The Morgan fingerprint density at radius 1 is 0.733 bits per heavy atom. The summed E-state index contributed by atoms with van der Waals surface area (Å²) in [6.07, 6.45) is 22.4. The Morgan fingerprint density at radius 2 is 1.43 bits per heavy atom. The van der Waals surface area contributed by atoms with Crippen LogP contribution in [-0.2, 0) is 0 Å². The zero-order valence-electron chi connectivity index (χ0n) is 21.3. The summed E-state index contributed by atoms with van der Waals surface area (Å²) in [5, 5.41) is 3.82. The molecule has 0 aromatic carbocycles. The molecule has 0 amide bonds. The number of rotatable bonds is 10. The molecule has 0 radical (unpaired) electrons. The average molecular weight is 418 g/mol. The summed E-state index contributed by atoms with van der Waals surface area (Å²) in [5.41, 5.74) is 0. The van der Waals surface area contributed by atoms with Crippen LogP contribution in [0.4, 0.5) is 0 Å². The minimum Gasteiger partial charge on any atom is -0.317 e. The van der Waals surface area contributed by atoms with Gasteiger partial charge in [0, 0.05) is 6.04 Å². The van der Waals surface area contributed by atoms with Crippen LogP contribution in [0.1, 0.15) is 124 Å². The van der Waals surface area contributed by atoms with Gasteiger partial charge in [-0.15, -0.1) is 0 Å². The second kappa shape index (κ2) is 12.3. The first-order valence-electron chi connectivity index (χ1n) is 14.2. The minimum atomic E-state index is 0.793. The highest BCUT2D eigenvalue weighted by Gasteiger charge is 2.44. The van der Waals surface area contributed by atoms with Gasteiger partial charge in [0.25, 0.3) is 0 Å². The Hall–Kier alpha value is -0.0400. The van der Waals surface area contributed by atoms with Crippen LogP contribution in [0, 0.1) is 47.3 Å². The third-order valence-electron chi connectivity index (χ3n) is 9.90. The van der Waals surface area contributed by atoms with Crippen molar-refractivity contribution in [1.82, 2.24) is 5.32 Å². The highest BCUT2D eigenvalue weighted by molar-refractivity contribution is 4.95. The van der Waals surface area contributed by atoms with Crippen molar-refractivity contribution >= 4 is 0 Å². The molecule has 1 nitrogen and oxygen atoms in total. The van der Waals surface area contributed by atoms with Crippen molar-refractivity contribution in [1.29, 1.82) is 0 Å². The molecule has 3 aliphatic rings. The average Bonchev–Trinajstić information content (AvgIpc) is 3.30. The predicted molar refractivity (Wildman–Crippen MR) is 133 cm³/mol. The fraction of sp³-hybridized carbons (Fsp3) is 1.00. The van der Waals surface area contributed by atoms with Crippen molar-refractivity contribution in [2.24, 2.45) is 47.3 Å². The molecule has 30 heavy (non-hydrogen) atoms. The molecular formula is C29H55N. The van der Waals surface area contributed by atoms with Gasteiger partial charge in [-0.3, -0.25) is 0 Å². The van der Waals surface area contributed by atoms with Gasteiger partial charge in [-0.05, 0) is 86.5 Å². The fourth-order valence-electron chi connectivity index (χ4n) is 8.24. The van der Waals surface area contributed by atoms with E-state index in [1.807, 2.05) is 0 Å². The van der Waals surface area contributed by atoms with Crippen LogP contribution in [0.2, 0.25) is 0 Å². The zero-order chi connectivity index (χ0) is 21.5. The van der Waals surface area contributed by atoms with Crippen molar-refractivity contribution in [2.45, 2.75) is 130 Å². The standard InChI is InChI=1S/C29H55N/c1-6-11-25(22(4)17-16-21(2)3)26-14-9-10-15-27(26)28-20-24(18-19-29(28)30-5)23-12-7-8-13-23/h21-30H,6-20H2,1-5H3. The molecule has 0 saturated heterocycles. The molecule has 1 heteroatoms. The molecule has 0 spiro atoms. The van der Waals surface area contributed by atoms with Crippen molar-refractivity contribution in [3.63, 3.8) is 0 Å². The van der Waals surface area contributed by atoms with Crippen molar-refractivity contribution in [2.75, 3.05) is 7.05 Å². The van der Waals surface area contributed by atoms with Crippen molar-refractivity contribution < 1.29 is 0 Å². The summed E-state index contributed by atoms with van der Waals surface area (Å²) < 4.78 is 0. The third-order valence-corrected chi connectivity index (χ3v) is 9.90. The van der Waals surface area contributed by atoms with Crippen molar-refractivity contribution in [3.8, 4) is 0 Å². The molecule has 7 atom stereocenters. The molecule has 0 heterocycles. The molecule has 3 rings (SSSR count). The molecule has 0 bridgehead atoms. The van der Waals surface area contributed by atoms with Crippen LogP contribution >= 0.6 is 0 Å². The van der Waals surface area contributed by atoms with Gasteiger partial charge in [0.2, 0.25) is 0 Å². The SMILES string of the molecule is CCCC(C(C)CCC(C)C)C1CCCCC1C1CC(C2CCCC2)CCC1NC. The van der Waals surface area contributed by atoms with E-state index < -0.39 is 0 Å². The molecular weight excluding hydrogens is 362 g/mol. The highest BCUT2D eigenvalue weighted by Crippen LogP contribution is 2.51. The Kier molecular flexibility index (Phi) is 10.1. The van der Waals surface area contributed by atoms with Crippen molar-refractivity contribution in [3.05, 3.63) is 0 Å². The first kappa shape index (κ1) is 24.6. The molecule has 0 aliphatic heterocycles. The minimum absolute atomic E-state index is 0.793. The fourth-order valence-corrected chi connectivity index (χ4v) is 8.24. The summed E-state index contributed by atoms with van der Waals surface area (Å²) in [7, 11) is 2.26. The smallest absolute Gasteiger partial charge is 0.00952 e. The summed E-state index contributed by atoms with van der Waals surface area (Å²) in [5.74, 6) is 7.83. The van der Waals surface area contributed by atoms with Crippen LogP contribution in [-0.4, -0.2) is 13.1 Å². The van der Waals surface area contributed by atoms with Gasteiger partial charge in [-0.1, -0.05) is 91.9 Å². The van der Waals surface area contributed by atoms with E-state index in [1.165, 1.54) is 77.0 Å². The van der Waals surface area contributed by atoms with Gasteiger partial charge in [0.05, 0.1) is 0 Å². The predicted octanol–water partition coefficient (Wildman–Crippen LogP) is 8.48. The van der Waals surface area contributed by atoms with Crippen LogP contribution < -0.4 is 5.32 Å². The Morgan fingerprint density at radius 3 is 2.10 bits per heavy atom. The Labute approximate surface area is 189 Å². The maximum atomic E-state index is 3.82. The van der Waals surface area contributed by atoms with E-state index >= 15 is 0 Å². The number of hydrogen-bond donors (Lipinski definition) is 1. The molecule has 1 N–H and O–H groups in total. The molecule has 3 aliphatic carbocycles. The van der Waals surface area contributed by atoms with E-state index in [0.29, 0.717) is 0 Å². The van der Waals surface area contributed by atoms with Gasteiger partial charge in [0.15, 0.2) is 0 Å². The summed E-state index contributed by atoms with van der Waals surface area (Å²) in [6.45, 7) is 9.88. The second-order valence-corrected chi connectivity index (χ2v) is 12.2. The van der Waals surface area contributed by atoms with E-state index in [0.717, 1.165) is 53.4 Å². The van der Waals surface area contributed by atoms with Gasteiger partial charge in [0.1, 0.15) is 0 Å². The van der Waals surface area contributed by atoms with E-state index in [4.69, 9.17) is 0 Å². The molecule has 3 saturated carbocycles. The lowest BCUT2D eigenvalue weighted by Gasteiger charge is -2.49. The molecule has 7 unspecified atom stereocenters. The number of nitrogens with one attached hydrogen (secondary N) is 1. The van der Waals surface area contributed by atoms with Crippen LogP contribution in [0.3, 0.4) is 0 Å². The summed E-state index contributed by atoms with van der Waals surface area (Å²) in [6, 6.07) is 0.793. The van der Waals surface area contributed by atoms with Crippen LogP contribution in [0.5, 0.6) is 0 Å². The lowest BCUT2D eigenvalue weighted by atomic mass is 9.58. The van der Waals surface area contributed by atoms with Crippen LogP contribution in [0.25, 0.3) is 0 Å². The molecule has 3 fully saturated rings. The van der Waals surface area contributed by atoms with Gasteiger partial charge in [-0.25, -0.2) is 0 Å². The summed E-state index contributed by atoms with van der Waals surface area (Å²) in [4.78, 5) is 0. The van der Waals surface area contributed by atoms with Gasteiger partial charge >= 0.3 is 0 Å². The Bertz CT molecular complexity index is 465. The van der Waals surface area contributed by atoms with Gasteiger partial charge in [-0.2, -0.15) is 0 Å². The van der Waals surface area contributed by atoms with E-state index in [1.54, 1.807) is 19.3 Å². The van der Waals surface area contributed by atoms with E-state index in [2.05, 4.69) is 40.1 Å². The Balaban J connectivity index is 1.75. The lowest BCUT2D eigenvalue weighted by molar-refractivity contribution is 0.0212. The van der Waals surface area contributed by atoms with E-state index in [-0.39, 0.29) is 0 Å². The molecule has 176 valence electrons. The first-order chi connectivity index (χ1) is 14.5. The largest absolute Gasteiger partial charge is 0.317 e. The normalized spacial score (nSPS) is 35.6. The maximum Gasteiger partial charge on any atom is 0.00952 e. The van der Waals surface area contributed by atoms with Crippen LogP contribution in [0.15, 0.2) is 0 Å². The topological polar surface area (TPSA) is 12.0 Å². The second-order valence-electron chi connectivity index (χ2n) is 12.2. The monoisotopic (exact) mass is 417 g/mol. The maximum absolute atomic E-state index is 3.82. The molecule has 0 aromatic rings. The zero-order valence-corrected chi connectivity index (χ0v) is 21.3. The van der Waals surface area contributed by atoms with Gasteiger partial charge < -0.3 is 5.32 Å². The first-order valence-corrected chi connectivity index (χ1v) is 14.2. The molecule has 0 aromatic heterocycles. The highest BCUT2D eigenvalue weighted by atomic mass is 14.9.